The molecule has 5 nitrogen and oxygen atoms in total. The van der Waals surface area contributed by atoms with Crippen molar-refractivity contribution in [3.63, 3.8) is 0 Å². The molecule has 2 aromatic heterocycles. The summed E-state index contributed by atoms with van der Waals surface area (Å²) in [5.74, 6) is 0.0435. The molecule has 0 spiro atoms. The number of nitrogens with zero attached hydrogens (tertiary/aromatic N) is 2. The molecule has 0 radical (unpaired) electrons. The van der Waals surface area contributed by atoms with Gasteiger partial charge in [0.15, 0.2) is 0 Å². The highest BCUT2D eigenvalue weighted by molar-refractivity contribution is 6.12. The Hall–Kier alpha value is -3.80. The van der Waals surface area contributed by atoms with E-state index in [1.54, 1.807) is 35.0 Å². The first-order chi connectivity index (χ1) is 13.6. The molecule has 4 aromatic rings. The average molecular weight is 373 g/mol. The lowest BCUT2D eigenvalue weighted by molar-refractivity contribution is 0.413. The Labute approximate surface area is 159 Å². The minimum absolute atomic E-state index is 0.0337. The van der Waals surface area contributed by atoms with Crippen molar-refractivity contribution >= 4 is 33.2 Å². The Morgan fingerprint density at radius 2 is 1.96 bits per heavy atom. The highest BCUT2D eigenvalue weighted by Crippen LogP contribution is 2.42. The van der Waals surface area contributed by atoms with Crippen molar-refractivity contribution in [2.24, 2.45) is 0 Å². The van der Waals surface area contributed by atoms with Crippen molar-refractivity contribution in [1.29, 1.82) is 0 Å². The van der Waals surface area contributed by atoms with Gasteiger partial charge in [-0.15, -0.1) is 0 Å². The second-order valence-electron chi connectivity index (χ2n) is 6.58. The largest absolute Gasteiger partial charge is 0.496 e. The van der Waals surface area contributed by atoms with Gasteiger partial charge in [0, 0.05) is 22.8 Å². The smallest absolute Gasteiger partial charge is 0.207 e. The summed E-state index contributed by atoms with van der Waals surface area (Å²) in [6, 6.07) is 10.1. The van der Waals surface area contributed by atoms with Gasteiger partial charge in [0.1, 0.15) is 11.6 Å². The number of hydrogen-bond donors (Lipinski definition) is 2. The highest BCUT2D eigenvalue weighted by atomic mass is 19.1. The second-order valence-corrected chi connectivity index (χ2v) is 6.58. The minimum Gasteiger partial charge on any atom is -0.496 e. The van der Waals surface area contributed by atoms with E-state index in [-0.39, 0.29) is 5.88 Å². The van der Waals surface area contributed by atoms with Gasteiger partial charge in [-0.1, -0.05) is 30.3 Å². The van der Waals surface area contributed by atoms with Gasteiger partial charge < -0.3 is 15.6 Å². The van der Waals surface area contributed by atoms with Crippen LogP contribution in [0.15, 0.2) is 60.8 Å². The van der Waals surface area contributed by atoms with Crippen molar-refractivity contribution in [3.8, 4) is 22.8 Å². The van der Waals surface area contributed by atoms with Crippen molar-refractivity contribution in [2.45, 2.75) is 0 Å². The Morgan fingerprint density at radius 3 is 2.68 bits per heavy atom. The fourth-order valence-electron chi connectivity index (χ4n) is 3.64. The van der Waals surface area contributed by atoms with Crippen LogP contribution in [0.3, 0.4) is 0 Å². The number of fused-ring (bicyclic) bond motifs is 2. The van der Waals surface area contributed by atoms with Crippen molar-refractivity contribution in [3.05, 3.63) is 66.6 Å². The van der Waals surface area contributed by atoms with E-state index < -0.39 is 5.82 Å². The zero-order valence-electron chi connectivity index (χ0n) is 15.0. The molecule has 28 heavy (non-hydrogen) atoms. The summed E-state index contributed by atoms with van der Waals surface area (Å²) in [5, 5.41) is 11.8. The standard InChI is InChI=1S/C22H16FN3O2/c1-28-17-10-4-9-15(23)18(17)13-7-3-8-14-20(24)19-16(25-21(13)14)11-26(22(19)27)12-5-2-6-12/h2-11,27H,24H2,1H3. The van der Waals surface area contributed by atoms with Gasteiger partial charge in [0.05, 0.1) is 34.8 Å². The Bertz CT molecular complexity index is 1340. The van der Waals surface area contributed by atoms with E-state index in [9.17, 15) is 9.50 Å². The molecule has 1 aliphatic carbocycles. The first-order valence-electron chi connectivity index (χ1n) is 8.74. The van der Waals surface area contributed by atoms with Gasteiger partial charge in [0.25, 0.3) is 0 Å². The molecule has 2 aromatic carbocycles. The molecule has 0 aliphatic heterocycles. The quantitative estimate of drug-likeness (QED) is 0.546. The predicted molar refractivity (Wildman–Crippen MR) is 109 cm³/mol. The minimum atomic E-state index is -0.405. The first kappa shape index (κ1) is 16.4. The molecule has 0 saturated heterocycles. The summed E-state index contributed by atoms with van der Waals surface area (Å²) >= 11 is 0. The van der Waals surface area contributed by atoms with Crippen LogP contribution in [0.1, 0.15) is 0 Å². The molecule has 6 heteroatoms. The Kier molecular flexibility index (Phi) is 3.42. The van der Waals surface area contributed by atoms with Crippen molar-refractivity contribution < 1.29 is 14.2 Å². The van der Waals surface area contributed by atoms with Crippen LogP contribution in [0.4, 0.5) is 10.1 Å². The Balaban J connectivity index is 1.87. The molecule has 1 aliphatic rings. The van der Waals surface area contributed by atoms with E-state index in [2.05, 4.69) is 0 Å². The van der Waals surface area contributed by atoms with E-state index >= 15 is 0 Å². The zero-order chi connectivity index (χ0) is 19.4. The number of ether oxygens (including phenoxy) is 1. The molecule has 138 valence electrons. The normalized spacial score (nSPS) is 13.0. The molecule has 2 heterocycles. The first-order valence-corrected chi connectivity index (χ1v) is 8.74. The zero-order valence-corrected chi connectivity index (χ0v) is 15.0. The van der Waals surface area contributed by atoms with E-state index in [4.69, 9.17) is 15.5 Å². The van der Waals surface area contributed by atoms with Gasteiger partial charge in [-0.2, -0.15) is 0 Å². The fourth-order valence-corrected chi connectivity index (χ4v) is 3.64. The van der Waals surface area contributed by atoms with Crippen LogP contribution in [-0.2, 0) is 0 Å². The van der Waals surface area contributed by atoms with Crippen LogP contribution in [-0.4, -0.2) is 21.8 Å². The third-order valence-electron chi connectivity index (χ3n) is 5.06. The van der Waals surface area contributed by atoms with Gasteiger partial charge in [0.2, 0.25) is 5.88 Å². The van der Waals surface area contributed by atoms with Gasteiger partial charge in [-0.25, -0.2) is 9.37 Å². The van der Waals surface area contributed by atoms with Crippen LogP contribution >= 0.6 is 0 Å². The number of para-hydroxylation sites is 1. The molecule has 0 bridgehead atoms. The number of pyridine rings is 1. The summed E-state index contributed by atoms with van der Waals surface area (Å²) in [5.41, 5.74) is 9.64. The molecule has 0 amide bonds. The number of methoxy groups -OCH3 is 1. The van der Waals surface area contributed by atoms with E-state index in [1.807, 2.05) is 24.3 Å². The summed E-state index contributed by atoms with van der Waals surface area (Å²) < 4.78 is 21.7. The monoisotopic (exact) mass is 373 g/mol. The maximum Gasteiger partial charge on any atom is 0.207 e. The lowest BCUT2D eigenvalue weighted by Gasteiger charge is -2.13. The topological polar surface area (TPSA) is 73.3 Å². The molecular formula is C22H16FN3O2. The Morgan fingerprint density at radius 1 is 1.18 bits per heavy atom. The maximum atomic E-state index is 14.7. The molecule has 0 atom stereocenters. The van der Waals surface area contributed by atoms with Gasteiger partial charge in [-0.3, -0.25) is 4.57 Å². The number of allylic oxidation sites excluding steroid dienone is 4. The number of benzene rings is 2. The lowest BCUT2D eigenvalue weighted by Crippen LogP contribution is -1.96. The maximum absolute atomic E-state index is 14.7. The van der Waals surface area contributed by atoms with Crippen molar-refractivity contribution in [1.82, 2.24) is 9.55 Å². The molecule has 0 unspecified atom stereocenters. The number of nitrogen functional groups attached to an aromatic ring is 1. The number of aromatic hydroxyl groups is 1. The van der Waals surface area contributed by atoms with E-state index in [1.165, 1.54) is 13.2 Å². The lowest BCUT2D eigenvalue weighted by atomic mass is 9.99. The van der Waals surface area contributed by atoms with Crippen LogP contribution in [0.2, 0.25) is 0 Å². The number of rotatable bonds is 3. The third kappa shape index (κ3) is 2.15. The predicted octanol–water partition coefficient (Wildman–Crippen LogP) is 4.70. The van der Waals surface area contributed by atoms with Crippen LogP contribution < -0.4 is 10.5 Å². The number of nitrogens with two attached hydrogens (primary N) is 1. The number of hydrogen-bond acceptors (Lipinski definition) is 4. The third-order valence-corrected chi connectivity index (χ3v) is 5.06. The summed E-state index contributed by atoms with van der Waals surface area (Å²) in [6.07, 6.45) is 7.37. The van der Waals surface area contributed by atoms with Gasteiger partial charge >= 0.3 is 0 Å². The number of aromatic nitrogens is 2. The average Bonchev–Trinajstić information content (AvgIpc) is 2.96. The van der Waals surface area contributed by atoms with Gasteiger partial charge in [-0.05, 0) is 24.3 Å². The molecule has 3 N–H and O–H groups in total. The molecule has 0 saturated carbocycles. The fraction of sp³-hybridized carbons (Fsp3) is 0.0455. The summed E-state index contributed by atoms with van der Waals surface area (Å²) in [6.45, 7) is 0. The van der Waals surface area contributed by atoms with Crippen LogP contribution in [0.25, 0.3) is 38.6 Å². The van der Waals surface area contributed by atoms with Crippen LogP contribution in [0, 0.1) is 5.82 Å². The molecule has 0 fully saturated rings. The number of anilines is 1. The number of halogens is 1. The molecular weight excluding hydrogens is 357 g/mol. The SMILES string of the molecule is COc1cccc(F)c1-c1cccc2c(N)c3c(O)n(C4=CC=C4)cc3nc12. The van der Waals surface area contributed by atoms with E-state index in [0.717, 1.165) is 5.70 Å². The second kappa shape index (κ2) is 5.85. The summed E-state index contributed by atoms with van der Waals surface area (Å²) in [7, 11) is 1.50. The highest BCUT2D eigenvalue weighted by Gasteiger charge is 2.21. The van der Waals surface area contributed by atoms with Crippen molar-refractivity contribution in [2.75, 3.05) is 12.8 Å². The molecule has 5 rings (SSSR count). The van der Waals surface area contributed by atoms with E-state index in [0.29, 0.717) is 44.4 Å². The summed E-state index contributed by atoms with van der Waals surface area (Å²) in [4.78, 5) is 4.72. The van der Waals surface area contributed by atoms with Crippen LogP contribution in [0.5, 0.6) is 11.6 Å².